The predicted octanol–water partition coefficient (Wildman–Crippen LogP) is 3.62. The fourth-order valence-corrected chi connectivity index (χ4v) is 3.82. The van der Waals surface area contributed by atoms with Crippen LogP contribution in [0.1, 0.15) is 6.42 Å². The van der Waals surface area contributed by atoms with Crippen molar-refractivity contribution in [2.24, 2.45) is 0 Å². The lowest BCUT2D eigenvalue weighted by Gasteiger charge is -2.17. The lowest BCUT2D eigenvalue weighted by Crippen LogP contribution is -2.28. The number of rotatable bonds is 6. The van der Waals surface area contributed by atoms with Gasteiger partial charge in [-0.1, -0.05) is 17.7 Å². The number of fused-ring (bicyclic) bond motifs is 1. The van der Waals surface area contributed by atoms with E-state index in [1.807, 2.05) is 7.05 Å². The molecule has 2 heterocycles. The largest absolute Gasteiger partial charge is 0.493 e. The highest BCUT2D eigenvalue weighted by Crippen LogP contribution is 2.37. The van der Waals surface area contributed by atoms with Crippen molar-refractivity contribution in [3.8, 4) is 11.5 Å². The third-order valence-electron chi connectivity index (χ3n) is 5.28. The van der Waals surface area contributed by atoms with Crippen LogP contribution in [0.2, 0.25) is 5.02 Å². The highest BCUT2D eigenvalue weighted by Gasteiger charge is 2.31. The van der Waals surface area contributed by atoms with E-state index in [9.17, 15) is 9.50 Å². The topological polar surface area (TPSA) is 79.7 Å². The molecule has 1 aromatic heterocycles. The first-order valence-corrected chi connectivity index (χ1v) is 9.89. The Balaban J connectivity index is 1.69. The van der Waals surface area contributed by atoms with Gasteiger partial charge < -0.3 is 19.9 Å². The van der Waals surface area contributed by atoms with Gasteiger partial charge in [-0.25, -0.2) is 14.4 Å². The molecule has 0 spiro atoms. The van der Waals surface area contributed by atoms with Crippen molar-refractivity contribution in [1.82, 2.24) is 14.9 Å². The molecule has 0 saturated carbocycles. The van der Waals surface area contributed by atoms with Crippen molar-refractivity contribution in [2.45, 2.75) is 18.6 Å². The summed E-state index contributed by atoms with van der Waals surface area (Å²) in [6.45, 7) is 0.773. The number of nitrogens with one attached hydrogen (secondary N) is 1. The van der Waals surface area contributed by atoms with E-state index in [1.165, 1.54) is 12.4 Å². The molecular formula is C21H22ClFN4O3. The van der Waals surface area contributed by atoms with Gasteiger partial charge in [-0.15, -0.1) is 0 Å². The van der Waals surface area contributed by atoms with E-state index in [4.69, 9.17) is 21.1 Å². The highest BCUT2D eigenvalue weighted by molar-refractivity contribution is 6.31. The number of aromatic nitrogens is 2. The molecule has 2 aromatic carbocycles. The van der Waals surface area contributed by atoms with E-state index < -0.39 is 5.82 Å². The summed E-state index contributed by atoms with van der Waals surface area (Å²) < 4.78 is 26.0. The standard InChI is InChI=1S/C21H22ClFN4O3/c1-27-9-13(6-12(27)10-28)30-19-7-14-17(8-18(19)29-2)24-11-25-21(14)26-16-5-3-4-15(22)20(16)23/h3-5,7-8,11-13,28H,6,9-10H2,1-2H3,(H,24,25,26)/t12-,13?/m0/s1. The maximum Gasteiger partial charge on any atom is 0.165 e. The average Bonchev–Trinajstić information content (AvgIpc) is 3.10. The van der Waals surface area contributed by atoms with Gasteiger partial charge in [0.25, 0.3) is 0 Å². The third-order valence-corrected chi connectivity index (χ3v) is 5.57. The van der Waals surface area contributed by atoms with Crippen LogP contribution >= 0.6 is 11.6 Å². The third kappa shape index (κ3) is 3.98. The molecule has 7 nitrogen and oxygen atoms in total. The molecule has 0 aliphatic carbocycles. The van der Waals surface area contributed by atoms with Crippen molar-refractivity contribution >= 4 is 34.0 Å². The van der Waals surface area contributed by atoms with Gasteiger partial charge in [0.05, 0.1) is 29.9 Å². The number of hydrogen-bond donors (Lipinski definition) is 2. The van der Waals surface area contributed by atoms with E-state index in [1.54, 1.807) is 31.4 Å². The number of aliphatic hydroxyl groups is 1. The molecule has 3 aromatic rings. The Bertz CT molecular complexity index is 1070. The lowest BCUT2D eigenvalue weighted by molar-refractivity contribution is 0.181. The number of methoxy groups -OCH3 is 1. The molecule has 1 unspecified atom stereocenters. The number of ether oxygens (including phenoxy) is 2. The van der Waals surface area contributed by atoms with Crippen LogP contribution in [-0.4, -0.2) is 59.4 Å². The minimum Gasteiger partial charge on any atom is -0.493 e. The smallest absolute Gasteiger partial charge is 0.165 e. The van der Waals surface area contributed by atoms with Gasteiger partial charge in [-0.3, -0.25) is 4.90 Å². The molecule has 0 radical (unpaired) electrons. The van der Waals surface area contributed by atoms with Gasteiger partial charge in [0, 0.05) is 30.5 Å². The Kier molecular flexibility index (Phi) is 5.90. The maximum atomic E-state index is 14.4. The van der Waals surface area contributed by atoms with E-state index in [2.05, 4.69) is 20.2 Å². The lowest BCUT2D eigenvalue weighted by atomic mass is 10.2. The first-order chi connectivity index (χ1) is 14.5. The quantitative estimate of drug-likeness (QED) is 0.615. The van der Waals surface area contributed by atoms with Crippen LogP contribution in [-0.2, 0) is 0 Å². The highest BCUT2D eigenvalue weighted by atomic mass is 35.5. The molecule has 4 rings (SSSR count). The van der Waals surface area contributed by atoms with Crippen LogP contribution in [0.3, 0.4) is 0 Å². The molecule has 0 bridgehead atoms. The van der Waals surface area contributed by atoms with Gasteiger partial charge in [-0.05, 0) is 25.2 Å². The summed E-state index contributed by atoms with van der Waals surface area (Å²) in [4.78, 5) is 10.6. The Morgan fingerprint density at radius 2 is 2.13 bits per heavy atom. The van der Waals surface area contributed by atoms with Crippen molar-refractivity contribution in [1.29, 1.82) is 0 Å². The van der Waals surface area contributed by atoms with E-state index in [0.29, 0.717) is 41.2 Å². The van der Waals surface area contributed by atoms with E-state index >= 15 is 0 Å². The van der Waals surface area contributed by atoms with Gasteiger partial charge in [0.1, 0.15) is 18.2 Å². The molecule has 1 aliphatic rings. The van der Waals surface area contributed by atoms with Crippen LogP contribution in [0.25, 0.3) is 10.9 Å². The average molecular weight is 433 g/mol. The van der Waals surface area contributed by atoms with Gasteiger partial charge in [0.2, 0.25) is 0 Å². The fraction of sp³-hybridized carbons (Fsp3) is 0.333. The number of halogens is 2. The summed E-state index contributed by atoms with van der Waals surface area (Å²) in [6, 6.07) is 8.32. The second-order valence-electron chi connectivity index (χ2n) is 7.22. The molecule has 158 valence electrons. The molecule has 2 N–H and O–H groups in total. The van der Waals surface area contributed by atoms with E-state index in [0.717, 1.165) is 0 Å². The molecule has 1 fully saturated rings. The number of aliphatic hydroxyl groups excluding tert-OH is 1. The van der Waals surface area contributed by atoms with Gasteiger partial charge in [0.15, 0.2) is 17.3 Å². The van der Waals surface area contributed by atoms with Gasteiger partial charge >= 0.3 is 0 Å². The van der Waals surface area contributed by atoms with Crippen LogP contribution in [0.5, 0.6) is 11.5 Å². The second-order valence-corrected chi connectivity index (χ2v) is 7.63. The molecule has 2 atom stereocenters. The number of hydrogen-bond acceptors (Lipinski definition) is 7. The zero-order valence-corrected chi connectivity index (χ0v) is 17.4. The summed E-state index contributed by atoms with van der Waals surface area (Å²) in [7, 11) is 3.52. The summed E-state index contributed by atoms with van der Waals surface area (Å²) in [6.07, 6.45) is 2.01. The Labute approximate surface area is 178 Å². The summed E-state index contributed by atoms with van der Waals surface area (Å²) >= 11 is 5.89. The van der Waals surface area contributed by atoms with Crippen molar-refractivity contribution in [3.63, 3.8) is 0 Å². The minimum absolute atomic E-state index is 0.0212. The predicted molar refractivity (Wildman–Crippen MR) is 113 cm³/mol. The van der Waals surface area contributed by atoms with Crippen LogP contribution in [0.15, 0.2) is 36.7 Å². The zero-order chi connectivity index (χ0) is 21.3. The molecule has 1 saturated heterocycles. The molecule has 9 heteroatoms. The Morgan fingerprint density at radius 1 is 1.30 bits per heavy atom. The number of likely N-dealkylation sites (tertiary alicyclic amines) is 1. The zero-order valence-electron chi connectivity index (χ0n) is 16.6. The maximum absolute atomic E-state index is 14.4. The van der Waals surface area contributed by atoms with Crippen LogP contribution in [0, 0.1) is 5.82 Å². The Hall–Kier alpha value is -2.68. The van der Waals surface area contributed by atoms with Crippen molar-refractivity contribution < 1.29 is 19.0 Å². The first-order valence-electron chi connectivity index (χ1n) is 9.51. The molecule has 1 aliphatic heterocycles. The second kappa shape index (κ2) is 8.59. The van der Waals surface area contributed by atoms with E-state index in [-0.39, 0.29) is 29.5 Å². The monoisotopic (exact) mass is 432 g/mol. The van der Waals surface area contributed by atoms with Crippen LogP contribution < -0.4 is 14.8 Å². The van der Waals surface area contributed by atoms with Crippen molar-refractivity contribution in [3.05, 3.63) is 47.5 Å². The number of nitrogens with zero attached hydrogens (tertiary/aromatic N) is 3. The van der Waals surface area contributed by atoms with Crippen LogP contribution in [0.4, 0.5) is 15.9 Å². The number of likely N-dealkylation sites (N-methyl/N-ethyl adjacent to an activating group) is 1. The SMILES string of the molecule is COc1cc2ncnc(Nc3cccc(Cl)c3F)c2cc1OC1C[C@@H](CO)N(C)C1. The van der Waals surface area contributed by atoms with Crippen molar-refractivity contribution in [2.75, 3.05) is 32.6 Å². The number of anilines is 2. The minimum atomic E-state index is -0.556. The molecular weight excluding hydrogens is 411 g/mol. The molecule has 30 heavy (non-hydrogen) atoms. The molecule has 0 amide bonds. The summed E-state index contributed by atoms with van der Waals surface area (Å²) in [5.41, 5.74) is 0.833. The normalized spacial score (nSPS) is 19.2. The first kappa shape index (κ1) is 20.6. The fourth-order valence-electron chi connectivity index (χ4n) is 3.65. The number of benzene rings is 2. The van der Waals surface area contributed by atoms with Gasteiger partial charge in [-0.2, -0.15) is 0 Å². The summed E-state index contributed by atoms with van der Waals surface area (Å²) in [5.74, 6) is 0.938. The Morgan fingerprint density at radius 3 is 2.87 bits per heavy atom. The summed E-state index contributed by atoms with van der Waals surface area (Å²) in [5, 5.41) is 13.2.